The number of unbranched alkanes of at least 4 members (excludes halogenated alkanes) is 2. The van der Waals surface area contributed by atoms with Crippen LogP contribution in [0.25, 0.3) is 0 Å². The maximum absolute atomic E-state index is 10.8. The molecule has 1 aromatic rings. The van der Waals surface area contributed by atoms with E-state index in [0.717, 1.165) is 37.9 Å². The van der Waals surface area contributed by atoms with Gasteiger partial charge in [-0.1, -0.05) is 31.9 Å². The Bertz CT molecular complexity index is 359. The Morgan fingerprint density at radius 2 is 1.89 bits per heavy atom. The van der Waals surface area contributed by atoms with Crippen molar-refractivity contribution in [2.24, 2.45) is 5.92 Å². The lowest BCUT2D eigenvalue weighted by Gasteiger charge is -2.06. The first-order valence-corrected chi connectivity index (χ1v) is 6.83. The molecule has 0 heterocycles. The first-order chi connectivity index (χ1) is 8.63. The minimum Gasteiger partial charge on any atom is -0.497 e. The van der Waals surface area contributed by atoms with Crippen molar-refractivity contribution in [1.82, 2.24) is 0 Å². The number of carbonyl (C=O) groups is 1. The Kier molecular flexibility index (Phi) is 6.81. The molecule has 1 rings (SSSR count). The van der Waals surface area contributed by atoms with Crippen LogP contribution in [0, 0.1) is 5.92 Å². The van der Waals surface area contributed by atoms with Crippen molar-refractivity contribution in [3.05, 3.63) is 29.8 Å². The molecule has 0 saturated heterocycles. The molecule has 0 N–H and O–H groups in total. The van der Waals surface area contributed by atoms with Gasteiger partial charge in [0.1, 0.15) is 5.75 Å². The van der Waals surface area contributed by atoms with Crippen molar-refractivity contribution in [3.8, 4) is 5.75 Å². The summed E-state index contributed by atoms with van der Waals surface area (Å²) in [6.45, 7) is 1.89. The van der Waals surface area contributed by atoms with Gasteiger partial charge in [-0.3, -0.25) is 4.79 Å². The molecule has 0 aliphatic carbocycles. The molecule has 0 aliphatic heterocycles. The van der Waals surface area contributed by atoms with Crippen LogP contribution in [0.3, 0.4) is 0 Å². The van der Waals surface area contributed by atoms with E-state index in [2.05, 4.69) is 12.1 Å². The number of aryl methyl sites for hydroxylation is 1. The van der Waals surface area contributed by atoms with E-state index >= 15 is 0 Å². The molecule has 0 aliphatic rings. The van der Waals surface area contributed by atoms with Crippen molar-refractivity contribution in [2.75, 3.05) is 7.11 Å². The second kappa shape index (κ2) is 8.15. The van der Waals surface area contributed by atoms with Gasteiger partial charge in [-0.25, -0.2) is 0 Å². The molecule has 1 aromatic carbocycles. The number of benzene rings is 1. The van der Waals surface area contributed by atoms with Crippen molar-refractivity contribution in [1.29, 1.82) is 0 Å². The predicted molar refractivity (Wildman–Crippen MR) is 75.2 cm³/mol. The van der Waals surface area contributed by atoms with Crippen LogP contribution in [0.5, 0.6) is 5.75 Å². The van der Waals surface area contributed by atoms with Gasteiger partial charge in [0.25, 0.3) is 0 Å². The van der Waals surface area contributed by atoms with Gasteiger partial charge in [0.05, 0.1) is 7.11 Å². The lowest BCUT2D eigenvalue weighted by Crippen LogP contribution is -2.03. The van der Waals surface area contributed by atoms with E-state index in [9.17, 15) is 4.79 Å². The average molecular weight is 269 g/mol. The fraction of sp³-hybridized carbons (Fsp3) is 0.533. The Morgan fingerprint density at radius 3 is 2.44 bits per heavy atom. The van der Waals surface area contributed by atoms with Crippen molar-refractivity contribution in [2.45, 2.75) is 39.0 Å². The number of rotatable bonds is 8. The van der Waals surface area contributed by atoms with Crippen LogP contribution < -0.4 is 4.74 Å². The number of carbonyl (C=O) groups excluding carboxylic acids is 1. The van der Waals surface area contributed by atoms with Crippen LogP contribution in [0.4, 0.5) is 0 Å². The summed E-state index contributed by atoms with van der Waals surface area (Å²) in [5.74, 6) is 0.890. The van der Waals surface area contributed by atoms with Crippen LogP contribution in [-0.2, 0) is 11.2 Å². The molecular weight excluding hydrogens is 248 g/mol. The highest BCUT2D eigenvalue weighted by molar-refractivity contribution is 6.63. The van der Waals surface area contributed by atoms with Gasteiger partial charge < -0.3 is 4.74 Å². The fourth-order valence-electron chi connectivity index (χ4n) is 1.86. The van der Waals surface area contributed by atoms with Crippen molar-refractivity contribution in [3.63, 3.8) is 0 Å². The number of ether oxygens (including phenoxy) is 1. The summed E-state index contributed by atoms with van der Waals surface area (Å²) in [5.41, 5.74) is 1.33. The van der Waals surface area contributed by atoms with Gasteiger partial charge in [0.15, 0.2) is 0 Å². The zero-order chi connectivity index (χ0) is 13.4. The van der Waals surface area contributed by atoms with Gasteiger partial charge >= 0.3 is 0 Å². The molecule has 0 saturated carbocycles. The molecule has 0 aromatic heterocycles. The van der Waals surface area contributed by atoms with E-state index in [1.807, 2.05) is 19.1 Å². The van der Waals surface area contributed by atoms with Crippen molar-refractivity contribution >= 4 is 16.8 Å². The Hall–Kier alpha value is -1.02. The molecule has 0 amide bonds. The summed E-state index contributed by atoms with van der Waals surface area (Å²) in [7, 11) is 1.67. The Morgan fingerprint density at radius 1 is 1.22 bits per heavy atom. The largest absolute Gasteiger partial charge is 0.497 e. The molecule has 1 atom stereocenters. The van der Waals surface area contributed by atoms with Crippen LogP contribution >= 0.6 is 11.6 Å². The molecule has 1 unspecified atom stereocenters. The summed E-state index contributed by atoms with van der Waals surface area (Å²) in [5, 5.41) is -0.217. The second-order valence-corrected chi connectivity index (χ2v) is 5.03. The number of hydrogen-bond donors (Lipinski definition) is 0. The van der Waals surface area contributed by atoms with Gasteiger partial charge in [-0.05, 0) is 48.6 Å². The van der Waals surface area contributed by atoms with Gasteiger partial charge in [-0.2, -0.15) is 0 Å². The summed E-state index contributed by atoms with van der Waals surface area (Å²) in [6.07, 6.45) is 5.32. The average Bonchev–Trinajstić information content (AvgIpc) is 2.38. The minimum absolute atomic E-state index is 0.00680. The highest BCUT2D eigenvalue weighted by Gasteiger charge is 2.08. The standard InChI is InChI=1S/C15H21ClO2/c1-12(15(16)17)6-4-3-5-7-13-8-10-14(18-2)11-9-13/h8-12H,3-7H2,1-2H3. The SMILES string of the molecule is COc1ccc(CCCCCC(C)C(=O)Cl)cc1. The summed E-state index contributed by atoms with van der Waals surface area (Å²) in [6, 6.07) is 8.18. The molecular formula is C15H21ClO2. The topological polar surface area (TPSA) is 26.3 Å². The lowest BCUT2D eigenvalue weighted by atomic mass is 10.0. The van der Waals surface area contributed by atoms with Crippen LogP contribution in [0.1, 0.15) is 38.2 Å². The number of methoxy groups -OCH3 is 1. The zero-order valence-corrected chi connectivity index (χ0v) is 11.9. The first-order valence-electron chi connectivity index (χ1n) is 6.45. The monoisotopic (exact) mass is 268 g/mol. The Labute approximate surface area is 114 Å². The van der Waals surface area contributed by atoms with Crippen LogP contribution in [0.15, 0.2) is 24.3 Å². The minimum atomic E-state index is -0.217. The molecule has 0 spiro atoms. The first kappa shape index (κ1) is 15.0. The smallest absolute Gasteiger partial charge is 0.224 e. The third kappa shape index (κ3) is 5.54. The highest BCUT2D eigenvalue weighted by Crippen LogP contribution is 2.16. The maximum Gasteiger partial charge on any atom is 0.224 e. The second-order valence-electron chi connectivity index (χ2n) is 4.65. The van der Waals surface area contributed by atoms with Gasteiger partial charge in [0, 0.05) is 5.92 Å². The predicted octanol–water partition coefficient (Wildman–Crippen LogP) is 4.20. The maximum atomic E-state index is 10.8. The summed E-state index contributed by atoms with van der Waals surface area (Å²) < 4.78 is 5.12. The van der Waals surface area contributed by atoms with Crippen molar-refractivity contribution < 1.29 is 9.53 Å². The quantitative estimate of drug-likeness (QED) is 0.522. The van der Waals surface area contributed by atoms with Crippen LogP contribution in [0.2, 0.25) is 0 Å². The molecule has 0 radical (unpaired) electrons. The number of halogens is 1. The number of hydrogen-bond acceptors (Lipinski definition) is 2. The van der Waals surface area contributed by atoms with Crippen LogP contribution in [-0.4, -0.2) is 12.4 Å². The molecule has 2 nitrogen and oxygen atoms in total. The van der Waals surface area contributed by atoms with E-state index in [1.54, 1.807) is 7.11 Å². The highest BCUT2D eigenvalue weighted by atomic mass is 35.5. The normalized spacial score (nSPS) is 12.2. The third-order valence-electron chi connectivity index (χ3n) is 3.15. The molecule has 0 bridgehead atoms. The zero-order valence-electron chi connectivity index (χ0n) is 11.1. The lowest BCUT2D eigenvalue weighted by molar-refractivity contribution is -0.114. The summed E-state index contributed by atoms with van der Waals surface area (Å²) >= 11 is 5.41. The van der Waals surface area contributed by atoms with E-state index < -0.39 is 0 Å². The Balaban J connectivity index is 2.15. The van der Waals surface area contributed by atoms with Gasteiger partial charge in [0.2, 0.25) is 5.24 Å². The third-order valence-corrected chi connectivity index (χ3v) is 3.52. The van der Waals surface area contributed by atoms with E-state index in [-0.39, 0.29) is 11.2 Å². The van der Waals surface area contributed by atoms with Gasteiger partial charge in [-0.15, -0.1) is 0 Å². The fourth-order valence-corrected chi connectivity index (χ4v) is 1.97. The van der Waals surface area contributed by atoms with E-state index in [1.165, 1.54) is 5.56 Å². The van der Waals surface area contributed by atoms with E-state index in [0.29, 0.717) is 0 Å². The molecule has 3 heteroatoms. The van der Waals surface area contributed by atoms with E-state index in [4.69, 9.17) is 16.3 Å². The molecule has 18 heavy (non-hydrogen) atoms. The molecule has 100 valence electrons. The summed E-state index contributed by atoms with van der Waals surface area (Å²) in [4.78, 5) is 10.8. The molecule has 0 fully saturated rings.